The van der Waals surface area contributed by atoms with Gasteiger partial charge >= 0.3 is 0 Å². The summed E-state index contributed by atoms with van der Waals surface area (Å²) in [5.41, 5.74) is 0.440. The van der Waals surface area contributed by atoms with Crippen molar-refractivity contribution < 1.29 is 9.53 Å². The summed E-state index contributed by atoms with van der Waals surface area (Å²) in [5, 5.41) is 1.06. The number of nitrogens with zero attached hydrogens (tertiary/aromatic N) is 3. The Morgan fingerprint density at radius 3 is 2.71 bits per heavy atom. The Kier molecular flexibility index (Phi) is 4.18. The highest BCUT2D eigenvalue weighted by Crippen LogP contribution is 2.30. The van der Waals surface area contributed by atoms with Crippen LogP contribution in [0.1, 0.15) is 26.2 Å². The highest BCUT2D eigenvalue weighted by Gasteiger charge is 2.40. The maximum Gasteiger partial charge on any atom is 0.254 e. The van der Waals surface area contributed by atoms with Gasteiger partial charge in [-0.1, -0.05) is 23.5 Å². The van der Waals surface area contributed by atoms with Crippen molar-refractivity contribution in [2.75, 3.05) is 37.7 Å². The molecule has 4 rings (SSSR count). The fourth-order valence-electron chi connectivity index (χ4n) is 3.53. The SMILES string of the molecule is C[C@]1(C(=O)N2CCN(c3nc4ccccc4s3)CC2)CCCCO1. The number of carbonyl (C=O) groups excluding carboxylic acids is 1. The molecule has 1 atom stereocenters. The van der Waals surface area contributed by atoms with Crippen LogP contribution in [0.25, 0.3) is 10.2 Å². The summed E-state index contributed by atoms with van der Waals surface area (Å²) < 4.78 is 7.03. The van der Waals surface area contributed by atoms with Gasteiger partial charge in [0.2, 0.25) is 0 Å². The monoisotopic (exact) mass is 345 g/mol. The van der Waals surface area contributed by atoms with Crippen LogP contribution in [-0.4, -0.2) is 54.2 Å². The Morgan fingerprint density at radius 2 is 2.00 bits per heavy atom. The van der Waals surface area contributed by atoms with Crippen LogP contribution < -0.4 is 4.90 Å². The first-order valence-electron chi connectivity index (χ1n) is 8.70. The summed E-state index contributed by atoms with van der Waals surface area (Å²) in [6, 6.07) is 8.23. The fraction of sp³-hybridized carbons (Fsp3) is 0.556. The van der Waals surface area contributed by atoms with E-state index in [1.54, 1.807) is 11.3 Å². The van der Waals surface area contributed by atoms with Gasteiger partial charge in [0.25, 0.3) is 5.91 Å². The van der Waals surface area contributed by atoms with Crippen molar-refractivity contribution in [2.45, 2.75) is 31.8 Å². The molecule has 0 bridgehead atoms. The maximum atomic E-state index is 12.8. The molecule has 2 saturated heterocycles. The quantitative estimate of drug-likeness (QED) is 0.840. The van der Waals surface area contributed by atoms with E-state index in [4.69, 9.17) is 9.72 Å². The molecule has 0 saturated carbocycles. The largest absolute Gasteiger partial charge is 0.365 e. The molecule has 0 spiro atoms. The molecular formula is C18H23N3O2S. The minimum Gasteiger partial charge on any atom is -0.365 e. The Hall–Kier alpha value is -1.66. The number of thiazole rings is 1. The summed E-state index contributed by atoms with van der Waals surface area (Å²) in [6.07, 6.45) is 2.98. The zero-order valence-electron chi connectivity index (χ0n) is 14.0. The molecule has 1 aromatic heterocycles. The molecule has 128 valence electrons. The van der Waals surface area contributed by atoms with E-state index < -0.39 is 5.60 Å². The summed E-state index contributed by atoms with van der Waals surface area (Å²) in [5.74, 6) is 0.158. The average Bonchev–Trinajstić information content (AvgIpc) is 3.06. The molecular weight excluding hydrogens is 322 g/mol. The van der Waals surface area contributed by atoms with Crippen molar-refractivity contribution >= 4 is 32.6 Å². The van der Waals surface area contributed by atoms with Crippen LogP contribution in [0.15, 0.2) is 24.3 Å². The van der Waals surface area contributed by atoms with Crippen LogP contribution in [0, 0.1) is 0 Å². The second-order valence-electron chi connectivity index (χ2n) is 6.78. The van der Waals surface area contributed by atoms with Gasteiger partial charge < -0.3 is 14.5 Å². The maximum absolute atomic E-state index is 12.8. The number of fused-ring (bicyclic) bond motifs is 1. The molecule has 2 aliphatic rings. The molecule has 6 heteroatoms. The minimum atomic E-state index is -0.615. The second-order valence-corrected chi connectivity index (χ2v) is 7.79. The number of para-hydroxylation sites is 1. The number of carbonyl (C=O) groups is 1. The Bertz CT molecular complexity index is 698. The van der Waals surface area contributed by atoms with Gasteiger partial charge in [0, 0.05) is 32.8 Å². The van der Waals surface area contributed by atoms with E-state index in [-0.39, 0.29) is 5.91 Å². The Labute approximate surface area is 146 Å². The number of anilines is 1. The molecule has 5 nitrogen and oxygen atoms in total. The van der Waals surface area contributed by atoms with Crippen molar-refractivity contribution in [1.29, 1.82) is 0 Å². The molecule has 0 radical (unpaired) electrons. The van der Waals surface area contributed by atoms with Crippen molar-refractivity contribution in [2.24, 2.45) is 0 Å². The van der Waals surface area contributed by atoms with Crippen molar-refractivity contribution in [3.05, 3.63) is 24.3 Å². The van der Waals surface area contributed by atoms with Crippen molar-refractivity contribution in [1.82, 2.24) is 9.88 Å². The third kappa shape index (κ3) is 2.89. The number of hydrogen-bond acceptors (Lipinski definition) is 5. The summed E-state index contributed by atoms with van der Waals surface area (Å²) in [6.45, 7) is 5.81. The first-order chi connectivity index (χ1) is 11.7. The summed E-state index contributed by atoms with van der Waals surface area (Å²) in [7, 11) is 0. The van der Waals surface area contributed by atoms with E-state index in [2.05, 4.69) is 17.0 Å². The predicted molar refractivity (Wildman–Crippen MR) is 96.6 cm³/mol. The Morgan fingerprint density at radius 1 is 1.21 bits per heavy atom. The summed E-state index contributed by atoms with van der Waals surface area (Å²) in [4.78, 5) is 21.8. The van der Waals surface area contributed by atoms with Gasteiger partial charge in [0.05, 0.1) is 10.2 Å². The van der Waals surface area contributed by atoms with Crippen molar-refractivity contribution in [3.63, 3.8) is 0 Å². The van der Waals surface area contributed by atoms with Gasteiger partial charge in [-0.2, -0.15) is 0 Å². The third-order valence-electron chi connectivity index (χ3n) is 5.04. The second kappa shape index (κ2) is 6.33. The lowest BCUT2D eigenvalue weighted by Crippen LogP contribution is -2.56. The number of piperazine rings is 1. The minimum absolute atomic E-state index is 0.158. The number of amides is 1. The lowest BCUT2D eigenvalue weighted by molar-refractivity contribution is -0.162. The molecule has 24 heavy (non-hydrogen) atoms. The van der Waals surface area contributed by atoms with E-state index in [0.717, 1.165) is 56.1 Å². The zero-order chi connectivity index (χ0) is 16.6. The predicted octanol–water partition coefficient (Wildman–Crippen LogP) is 2.90. The fourth-order valence-corrected chi connectivity index (χ4v) is 4.55. The van der Waals surface area contributed by atoms with E-state index in [1.807, 2.05) is 24.0 Å². The third-order valence-corrected chi connectivity index (χ3v) is 6.14. The molecule has 1 aromatic carbocycles. The van der Waals surface area contributed by atoms with Gasteiger partial charge in [0.1, 0.15) is 5.60 Å². The van der Waals surface area contributed by atoms with Crippen LogP contribution in [0.4, 0.5) is 5.13 Å². The smallest absolute Gasteiger partial charge is 0.254 e. The van der Waals surface area contributed by atoms with Crippen LogP contribution in [0.2, 0.25) is 0 Å². The number of benzene rings is 1. The molecule has 2 aromatic rings. The Balaban J connectivity index is 1.42. The first kappa shape index (κ1) is 15.8. The normalized spacial score (nSPS) is 25.2. The zero-order valence-corrected chi connectivity index (χ0v) is 14.8. The summed E-state index contributed by atoms with van der Waals surface area (Å²) >= 11 is 1.73. The van der Waals surface area contributed by atoms with Gasteiger partial charge in [-0.05, 0) is 38.3 Å². The van der Waals surface area contributed by atoms with Crippen LogP contribution in [-0.2, 0) is 9.53 Å². The van der Waals surface area contributed by atoms with Gasteiger partial charge in [-0.25, -0.2) is 4.98 Å². The molecule has 2 fully saturated rings. The van der Waals surface area contributed by atoms with Crippen LogP contribution >= 0.6 is 11.3 Å². The lowest BCUT2D eigenvalue weighted by atomic mass is 9.94. The van der Waals surface area contributed by atoms with E-state index in [1.165, 1.54) is 4.70 Å². The average molecular weight is 345 g/mol. The number of hydrogen-bond donors (Lipinski definition) is 0. The van der Waals surface area contributed by atoms with E-state index in [0.29, 0.717) is 6.61 Å². The highest BCUT2D eigenvalue weighted by atomic mass is 32.1. The van der Waals surface area contributed by atoms with Gasteiger partial charge in [-0.3, -0.25) is 4.79 Å². The van der Waals surface area contributed by atoms with E-state index >= 15 is 0 Å². The molecule has 0 aliphatic carbocycles. The molecule has 1 amide bonds. The van der Waals surface area contributed by atoms with Crippen LogP contribution in [0.3, 0.4) is 0 Å². The van der Waals surface area contributed by atoms with Crippen molar-refractivity contribution in [3.8, 4) is 0 Å². The standard InChI is InChI=1S/C18H23N3O2S/c1-18(8-4-5-13-23-18)16(22)20-9-11-21(12-10-20)17-19-14-6-2-3-7-15(14)24-17/h2-3,6-7H,4-5,8-13H2,1H3/t18-/m1/s1. The number of rotatable bonds is 2. The molecule has 3 heterocycles. The highest BCUT2D eigenvalue weighted by molar-refractivity contribution is 7.22. The lowest BCUT2D eigenvalue weighted by Gasteiger charge is -2.41. The van der Waals surface area contributed by atoms with Gasteiger partial charge in [0.15, 0.2) is 5.13 Å². The molecule has 0 N–H and O–H groups in total. The molecule has 2 aliphatic heterocycles. The van der Waals surface area contributed by atoms with Crippen LogP contribution in [0.5, 0.6) is 0 Å². The molecule has 0 unspecified atom stereocenters. The number of aromatic nitrogens is 1. The van der Waals surface area contributed by atoms with E-state index in [9.17, 15) is 4.79 Å². The number of ether oxygens (including phenoxy) is 1. The van der Waals surface area contributed by atoms with Gasteiger partial charge in [-0.15, -0.1) is 0 Å². The topological polar surface area (TPSA) is 45.7 Å². The first-order valence-corrected chi connectivity index (χ1v) is 9.51.